The average molecular weight is 288 g/mol. The van der Waals surface area contributed by atoms with Crippen molar-refractivity contribution in [2.45, 2.75) is 13.1 Å². The third-order valence-electron chi connectivity index (χ3n) is 3.21. The molecule has 0 unspecified atom stereocenters. The van der Waals surface area contributed by atoms with Gasteiger partial charge in [-0.05, 0) is 23.3 Å². The number of fused-ring (bicyclic) bond motifs is 1. The SMILES string of the molecule is Cn1ncc2c(=O)n(Cc3cc(F)cc(CN)c3)nnc21. The normalized spacial score (nSPS) is 11.2. The summed E-state index contributed by atoms with van der Waals surface area (Å²) in [6.07, 6.45) is 1.44. The lowest BCUT2D eigenvalue weighted by molar-refractivity contribution is 0.585. The van der Waals surface area contributed by atoms with Gasteiger partial charge in [0.1, 0.15) is 11.2 Å². The number of rotatable bonds is 3. The molecule has 0 aliphatic heterocycles. The highest BCUT2D eigenvalue weighted by Gasteiger charge is 2.10. The van der Waals surface area contributed by atoms with Crippen molar-refractivity contribution in [1.82, 2.24) is 24.8 Å². The minimum atomic E-state index is -0.392. The summed E-state index contributed by atoms with van der Waals surface area (Å²) in [7, 11) is 1.68. The lowest BCUT2D eigenvalue weighted by Crippen LogP contribution is -2.24. The maximum Gasteiger partial charge on any atom is 0.281 e. The second-order valence-electron chi connectivity index (χ2n) is 4.73. The Morgan fingerprint density at radius 1 is 1.29 bits per heavy atom. The molecule has 7 nitrogen and oxygen atoms in total. The van der Waals surface area contributed by atoms with Crippen molar-refractivity contribution < 1.29 is 4.39 Å². The van der Waals surface area contributed by atoms with Gasteiger partial charge in [0, 0.05) is 13.6 Å². The van der Waals surface area contributed by atoms with E-state index in [-0.39, 0.29) is 18.6 Å². The molecule has 3 aromatic rings. The quantitative estimate of drug-likeness (QED) is 0.742. The summed E-state index contributed by atoms with van der Waals surface area (Å²) in [4.78, 5) is 12.3. The van der Waals surface area contributed by atoms with E-state index < -0.39 is 5.82 Å². The van der Waals surface area contributed by atoms with Crippen molar-refractivity contribution >= 4 is 11.0 Å². The molecule has 0 atom stereocenters. The van der Waals surface area contributed by atoms with Crippen LogP contribution in [0.3, 0.4) is 0 Å². The second kappa shape index (κ2) is 5.06. The minimum absolute atomic E-state index is 0.126. The fourth-order valence-electron chi connectivity index (χ4n) is 2.18. The highest BCUT2D eigenvalue weighted by Crippen LogP contribution is 2.10. The standard InChI is InChI=1S/C13H13FN6O/c1-19-12-11(6-16-19)13(21)20(18-17-12)7-9-2-8(5-15)3-10(14)4-9/h2-4,6H,5,7,15H2,1H3. The molecule has 0 spiro atoms. The molecule has 0 aliphatic rings. The van der Waals surface area contributed by atoms with Crippen LogP contribution >= 0.6 is 0 Å². The number of nitrogens with zero attached hydrogens (tertiary/aromatic N) is 5. The first kappa shape index (κ1) is 13.4. The average Bonchev–Trinajstić information content (AvgIpc) is 2.83. The Balaban J connectivity index is 2.04. The van der Waals surface area contributed by atoms with Crippen molar-refractivity contribution in [3.63, 3.8) is 0 Å². The summed E-state index contributed by atoms with van der Waals surface area (Å²) in [6.45, 7) is 0.356. The summed E-state index contributed by atoms with van der Waals surface area (Å²) >= 11 is 0. The molecule has 2 aromatic heterocycles. The molecule has 0 fully saturated rings. The lowest BCUT2D eigenvalue weighted by atomic mass is 10.1. The van der Waals surface area contributed by atoms with Crippen LogP contribution in [0, 0.1) is 5.82 Å². The van der Waals surface area contributed by atoms with Gasteiger partial charge in [-0.15, -0.1) is 5.10 Å². The van der Waals surface area contributed by atoms with E-state index in [1.165, 1.54) is 27.7 Å². The Labute approximate surface area is 118 Å². The molecule has 0 saturated carbocycles. The fraction of sp³-hybridized carbons (Fsp3) is 0.231. The van der Waals surface area contributed by atoms with Crippen molar-refractivity contribution in [3.05, 3.63) is 51.7 Å². The molecule has 2 heterocycles. The largest absolute Gasteiger partial charge is 0.326 e. The predicted octanol–water partition coefficient (Wildman–Crippen LogP) is 0.171. The molecular weight excluding hydrogens is 275 g/mol. The molecule has 21 heavy (non-hydrogen) atoms. The van der Waals surface area contributed by atoms with Crippen LogP contribution in [-0.2, 0) is 20.1 Å². The number of halogens is 1. The van der Waals surface area contributed by atoms with Gasteiger partial charge in [-0.25, -0.2) is 13.8 Å². The van der Waals surface area contributed by atoms with E-state index in [1.54, 1.807) is 13.1 Å². The maximum atomic E-state index is 13.5. The third-order valence-corrected chi connectivity index (χ3v) is 3.21. The number of nitrogens with two attached hydrogens (primary N) is 1. The van der Waals surface area contributed by atoms with Crippen LogP contribution in [-0.4, -0.2) is 24.8 Å². The first-order valence-corrected chi connectivity index (χ1v) is 6.32. The summed E-state index contributed by atoms with van der Waals surface area (Å²) in [5.74, 6) is -0.392. The van der Waals surface area contributed by atoms with Gasteiger partial charge in [0.2, 0.25) is 0 Å². The van der Waals surface area contributed by atoms with Gasteiger partial charge in [0.15, 0.2) is 5.65 Å². The van der Waals surface area contributed by atoms with E-state index in [2.05, 4.69) is 15.4 Å². The number of benzene rings is 1. The Morgan fingerprint density at radius 2 is 2.05 bits per heavy atom. The van der Waals surface area contributed by atoms with Crippen molar-refractivity contribution in [3.8, 4) is 0 Å². The van der Waals surface area contributed by atoms with Crippen molar-refractivity contribution in [2.24, 2.45) is 12.8 Å². The number of aromatic nitrogens is 5. The maximum absolute atomic E-state index is 13.5. The highest BCUT2D eigenvalue weighted by atomic mass is 19.1. The molecule has 0 saturated heterocycles. The van der Waals surface area contributed by atoms with Gasteiger partial charge in [0.25, 0.3) is 5.56 Å². The van der Waals surface area contributed by atoms with Crippen LogP contribution in [0.5, 0.6) is 0 Å². The topological polar surface area (TPSA) is 91.6 Å². The van der Waals surface area contributed by atoms with Gasteiger partial charge in [-0.2, -0.15) is 5.10 Å². The van der Waals surface area contributed by atoms with E-state index >= 15 is 0 Å². The number of aryl methyl sites for hydroxylation is 1. The van der Waals surface area contributed by atoms with Gasteiger partial charge in [0.05, 0.1) is 12.7 Å². The summed E-state index contributed by atoms with van der Waals surface area (Å²) in [5.41, 5.74) is 6.88. The van der Waals surface area contributed by atoms with Crippen LogP contribution in [0.15, 0.2) is 29.2 Å². The molecule has 0 amide bonds. The Hall–Kier alpha value is -2.61. The lowest BCUT2D eigenvalue weighted by Gasteiger charge is -2.06. The zero-order valence-corrected chi connectivity index (χ0v) is 11.3. The van der Waals surface area contributed by atoms with Crippen LogP contribution in [0.25, 0.3) is 11.0 Å². The predicted molar refractivity (Wildman–Crippen MR) is 74.0 cm³/mol. The molecule has 0 bridgehead atoms. The summed E-state index contributed by atoms with van der Waals surface area (Å²) in [6, 6.07) is 4.45. The minimum Gasteiger partial charge on any atom is -0.326 e. The number of hydrogen-bond donors (Lipinski definition) is 1. The zero-order valence-electron chi connectivity index (χ0n) is 11.3. The molecule has 0 aliphatic carbocycles. The van der Waals surface area contributed by atoms with E-state index in [4.69, 9.17) is 5.73 Å². The van der Waals surface area contributed by atoms with E-state index in [1.807, 2.05) is 0 Å². The van der Waals surface area contributed by atoms with Crippen LogP contribution in [0.2, 0.25) is 0 Å². The molecule has 108 valence electrons. The van der Waals surface area contributed by atoms with Gasteiger partial charge < -0.3 is 5.73 Å². The van der Waals surface area contributed by atoms with E-state index in [9.17, 15) is 9.18 Å². The summed E-state index contributed by atoms with van der Waals surface area (Å²) < 4.78 is 16.1. The molecular formula is C13H13FN6O. The summed E-state index contributed by atoms with van der Waals surface area (Å²) in [5, 5.41) is 12.2. The Kier molecular flexibility index (Phi) is 3.22. The van der Waals surface area contributed by atoms with Gasteiger partial charge in [-0.3, -0.25) is 4.79 Å². The van der Waals surface area contributed by atoms with Crippen molar-refractivity contribution in [2.75, 3.05) is 0 Å². The van der Waals surface area contributed by atoms with E-state index in [0.29, 0.717) is 22.2 Å². The Morgan fingerprint density at radius 3 is 2.81 bits per heavy atom. The smallest absolute Gasteiger partial charge is 0.281 e. The monoisotopic (exact) mass is 288 g/mol. The van der Waals surface area contributed by atoms with E-state index in [0.717, 1.165) is 0 Å². The van der Waals surface area contributed by atoms with Gasteiger partial charge >= 0.3 is 0 Å². The zero-order chi connectivity index (χ0) is 15.0. The van der Waals surface area contributed by atoms with Gasteiger partial charge in [-0.1, -0.05) is 11.3 Å². The molecule has 1 aromatic carbocycles. The van der Waals surface area contributed by atoms with Crippen LogP contribution < -0.4 is 11.3 Å². The van der Waals surface area contributed by atoms with Crippen LogP contribution in [0.1, 0.15) is 11.1 Å². The molecule has 0 radical (unpaired) electrons. The number of hydrogen-bond acceptors (Lipinski definition) is 5. The first-order chi connectivity index (χ1) is 10.1. The molecule has 3 rings (SSSR count). The Bertz CT molecular complexity index is 869. The van der Waals surface area contributed by atoms with Crippen LogP contribution in [0.4, 0.5) is 4.39 Å². The third kappa shape index (κ3) is 2.40. The van der Waals surface area contributed by atoms with Crippen molar-refractivity contribution in [1.29, 1.82) is 0 Å². The highest BCUT2D eigenvalue weighted by molar-refractivity contribution is 5.72. The fourth-order valence-corrected chi connectivity index (χ4v) is 2.18. The second-order valence-corrected chi connectivity index (χ2v) is 4.73. The first-order valence-electron chi connectivity index (χ1n) is 6.32. The molecule has 8 heteroatoms. The molecule has 2 N–H and O–H groups in total.